The van der Waals surface area contributed by atoms with Crippen LogP contribution >= 0.6 is 0 Å². The average molecular weight is 1420 g/mol. The Morgan fingerprint density at radius 2 is 0.798 bits per heavy atom. The fraction of sp³-hybridized carbons (Fsp3) is 0.622. The third-order valence-electron chi connectivity index (χ3n) is 14.8. The predicted molar refractivity (Wildman–Crippen MR) is 382 cm³/mol. The maximum atomic E-state index is 12.7. The Morgan fingerprint density at radius 1 is 0.485 bits per heavy atom. The molecular formula is C74H124N4O21. The van der Waals surface area contributed by atoms with Crippen LogP contribution < -0.4 is 10.6 Å². The number of ether oxygens (including phenoxy) is 8. The molecule has 0 heterocycles. The number of rotatable bonds is 27. The van der Waals surface area contributed by atoms with Crippen LogP contribution in [0, 0.1) is 23.7 Å². The summed E-state index contributed by atoms with van der Waals surface area (Å²) in [7, 11) is 5.97. The van der Waals surface area contributed by atoms with Crippen LogP contribution in [0.15, 0.2) is 91.0 Å². The van der Waals surface area contributed by atoms with Crippen molar-refractivity contribution < 1.29 is 117 Å². The molecule has 25 nitrogen and oxygen atoms in total. The molecule has 25 heteroatoms. The van der Waals surface area contributed by atoms with Gasteiger partial charge in [0.25, 0.3) is 0 Å². The van der Waals surface area contributed by atoms with Gasteiger partial charge in [0.2, 0.25) is 0 Å². The molecule has 99 heavy (non-hydrogen) atoms. The fourth-order valence-corrected chi connectivity index (χ4v) is 8.62. The normalized spacial score (nSPS) is 16.2. The summed E-state index contributed by atoms with van der Waals surface area (Å²) in [6, 6.07) is 25.2. The van der Waals surface area contributed by atoms with Crippen molar-refractivity contribution in [3.05, 3.63) is 108 Å². The lowest BCUT2D eigenvalue weighted by molar-refractivity contribution is -0.170. The standard InChI is InChI=1S/C22H31NO6.C17H23NO4.C12H21NO4.C11H19NO4.C10H12O3.2CH4.5H2/c1-15(19(24)27-14-17-9-7-6-8-10-17)28-20(25)18(13-16-11-12-16)23(5)21(26)29-22(2,3)4;1-12(16(19)21-11-14-6-4-3-5-7-14)22-17(20)15(18-2)10-13-8-9-13;1-12(2,3)17-11(16)13(4)9(10(14)15)7-8-5-6-8;1-11(2,3)16-10(15)12-8(9(13)14)6-7-4-5-7;1-8(11)10(12)13-7-9-5-3-2-4-6-9;;;;;;;/h6-10,15-16,18H,11-14H2,1-5H3;3-7,12-13,15,18H,8-11H2,1-2H3;8-9H,5-7H2,1-4H3,(H,14,15);7-8H,4-6H2,1-3H3,(H,12,15)(H,13,14);2-6,8,11H,7H2,1H3;2*1H4;5*1H/t15-,18+;12-,15+;9-;2*8-;;;;;;;/m11000......./s1/i;;;;;1D;;5*1+1D. The predicted octanol–water partition coefficient (Wildman–Crippen LogP) is 13.2. The molecule has 7 atom stereocenters. The van der Waals surface area contributed by atoms with Crippen LogP contribution in [0.1, 0.15) is 208 Å². The van der Waals surface area contributed by atoms with Crippen molar-refractivity contribution in [3.8, 4) is 0 Å². The van der Waals surface area contributed by atoms with E-state index in [9.17, 15) is 47.9 Å². The highest BCUT2D eigenvalue weighted by molar-refractivity contribution is 5.85. The number of carbonyl (C=O) groups is 10. The zero-order valence-electron chi connectivity index (χ0n) is 71.2. The third-order valence-corrected chi connectivity index (χ3v) is 14.8. The van der Waals surface area contributed by atoms with Crippen molar-refractivity contribution in [1.29, 1.82) is 0 Å². The molecule has 0 saturated heterocycles. The van der Waals surface area contributed by atoms with Gasteiger partial charge in [0.05, 0.1) is 0 Å². The highest BCUT2D eigenvalue weighted by Gasteiger charge is 2.39. The summed E-state index contributed by atoms with van der Waals surface area (Å²) in [6.07, 6.45) is 6.00. The van der Waals surface area contributed by atoms with Crippen LogP contribution in [0.25, 0.3) is 0 Å². The Bertz CT molecular complexity index is 3000. The van der Waals surface area contributed by atoms with Gasteiger partial charge in [-0.3, -0.25) is 14.6 Å². The van der Waals surface area contributed by atoms with Gasteiger partial charge in [-0.1, -0.05) is 157 Å². The SMILES string of the molecule is C.CC(C)(C)OC(=O)N[C@@H](CC1CC1)C(=O)O.CN(C(=O)OC(C)(C)C)[C@@H](CC1CC1)C(=O)O.CN[C@@H](CC1CC1)C(=O)O[C@H](C)C(=O)OCc1ccccc1.C[C@@H](OC(=O)[C@H](CC1CC1)N(C)C(=O)OC(C)(C)C)C(=O)OCc1ccccc1.C[C@H](O)C(=O)OCc1ccccc1.[2H]C.[2H][2H].[2H][2H].[2H][2H].[2H][2H].[2H][2H]. The van der Waals surface area contributed by atoms with Crippen LogP contribution in [-0.2, 0) is 91.3 Å². The smallest absolute Gasteiger partial charge is 0.410 e. The van der Waals surface area contributed by atoms with E-state index in [0.29, 0.717) is 42.9 Å². The molecule has 566 valence electrons. The summed E-state index contributed by atoms with van der Waals surface area (Å²) in [4.78, 5) is 120. The zero-order valence-corrected chi connectivity index (χ0v) is 60.2. The van der Waals surface area contributed by atoms with Crippen molar-refractivity contribution in [1.82, 2.24) is 20.4 Å². The van der Waals surface area contributed by atoms with Gasteiger partial charge in [-0.2, -0.15) is 0 Å². The van der Waals surface area contributed by atoms with Gasteiger partial charge in [-0.05, 0) is 156 Å². The summed E-state index contributed by atoms with van der Waals surface area (Å²) in [5, 5.41) is 32.2. The third kappa shape index (κ3) is 39.8. The number of hydrogen-bond acceptors (Lipinski definition) is 20. The molecule has 5 N–H and O–H groups in total. The number of esters is 5. The van der Waals surface area contributed by atoms with Crippen LogP contribution in [0.5, 0.6) is 0 Å². The van der Waals surface area contributed by atoms with Gasteiger partial charge in [0, 0.05) is 30.3 Å². The molecule has 3 aromatic carbocycles. The van der Waals surface area contributed by atoms with E-state index in [1.54, 1.807) is 69.4 Å². The van der Waals surface area contributed by atoms with Gasteiger partial charge in [0.1, 0.15) is 66.9 Å². The number of carboxylic acid groups (broad SMARTS) is 2. The number of hydrogen-bond donors (Lipinski definition) is 5. The summed E-state index contributed by atoms with van der Waals surface area (Å²) in [6.45, 7) is 20.7. The molecule has 4 fully saturated rings. The van der Waals surface area contributed by atoms with E-state index >= 15 is 0 Å². The lowest BCUT2D eigenvalue weighted by atomic mass is 10.1. The van der Waals surface area contributed by atoms with E-state index in [1.165, 1.54) is 64.9 Å². The lowest BCUT2D eigenvalue weighted by Gasteiger charge is -2.30. The highest BCUT2D eigenvalue weighted by atomic mass is 16.6. The Balaban J connectivity index is -0.000000411. The number of aliphatic hydroxyl groups excluding tert-OH is 1. The highest BCUT2D eigenvalue weighted by Crippen LogP contribution is 2.37. The summed E-state index contributed by atoms with van der Waals surface area (Å²) >= 11 is 0. The molecule has 0 unspecified atom stereocenters. The molecule has 0 radical (unpaired) electrons. The molecule has 4 saturated carbocycles. The van der Waals surface area contributed by atoms with Gasteiger partial charge in [-0.25, -0.2) is 43.2 Å². The van der Waals surface area contributed by atoms with E-state index in [2.05, 4.69) is 10.6 Å². The Kier molecular flexibility index (Phi) is 34.1. The maximum Gasteiger partial charge on any atom is 0.410 e. The average Bonchev–Trinajstić information content (AvgIpc) is 1.71. The van der Waals surface area contributed by atoms with Crippen LogP contribution in [0.3, 0.4) is 0 Å². The summed E-state index contributed by atoms with van der Waals surface area (Å²) in [5.41, 5.74) is 0.776. The monoisotopic (exact) mass is 1420 g/mol. The van der Waals surface area contributed by atoms with Crippen LogP contribution in [-0.4, -0.2) is 166 Å². The van der Waals surface area contributed by atoms with E-state index in [-0.39, 0.29) is 33.3 Å². The van der Waals surface area contributed by atoms with Crippen molar-refractivity contribution in [2.75, 3.05) is 21.1 Å². The van der Waals surface area contributed by atoms with E-state index in [1.807, 2.05) is 91.0 Å². The second kappa shape index (κ2) is 43.3. The molecule has 4 aliphatic carbocycles. The second-order valence-corrected chi connectivity index (χ2v) is 27.8. The molecule has 0 bridgehead atoms. The Hall–Kier alpha value is -8.32. The number of benzene rings is 3. The quantitative estimate of drug-likeness (QED) is 0.0350. The van der Waals surface area contributed by atoms with E-state index in [0.717, 1.165) is 61.6 Å². The molecule has 3 amide bonds. The number of aliphatic hydroxyl groups is 1. The maximum absolute atomic E-state index is 12.7. The lowest BCUT2D eigenvalue weighted by Crippen LogP contribution is -2.47. The number of carbonyl (C=O) groups excluding carboxylic acids is 8. The largest absolute Gasteiger partial charge is 0.480 e. The topological polar surface area (TPSA) is 336 Å². The zero-order chi connectivity index (χ0) is 84.8. The molecule has 3 aromatic rings. The summed E-state index contributed by atoms with van der Waals surface area (Å²) < 4.78 is 97.0. The first kappa shape index (κ1) is 78.0. The first-order valence-corrected chi connectivity index (χ1v) is 33.1. The fourth-order valence-electron chi connectivity index (χ4n) is 8.62. The van der Waals surface area contributed by atoms with Crippen LogP contribution in [0.4, 0.5) is 14.4 Å². The Labute approximate surface area is 602 Å². The Morgan fingerprint density at radius 3 is 1.11 bits per heavy atom. The number of likely N-dealkylation sites (N-methyl/N-ethyl adjacent to an activating group) is 3. The van der Waals surface area contributed by atoms with Gasteiger partial charge in [0.15, 0.2) is 12.2 Å². The molecule has 7 rings (SSSR count). The number of nitrogens with one attached hydrogen (secondary N) is 2. The van der Waals surface area contributed by atoms with Crippen molar-refractivity contribution in [3.63, 3.8) is 0 Å². The van der Waals surface area contributed by atoms with Crippen molar-refractivity contribution in [2.45, 2.75) is 254 Å². The first-order valence-electron chi connectivity index (χ1n) is 39.1. The van der Waals surface area contributed by atoms with Gasteiger partial charge < -0.3 is 63.8 Å². The first-order chi connectivity index (χ1) is 51.3. The number of aliphatic carboxylic acids is 2. The molecular weight excluding hydrogens is 1280 g/mol. The summed E-state index contributed by atoms with van der Waals surface area (Å²) in [5.74, 6) is -2.88. The number of amides is 3. The minimum absolute atomic E-state index is 0. The van der Waals surface area contributed by atoms with Gasteiger partial charge >= 0.3 is 60.1 Å². The number of carboxylic acids is 2. The second-order valence-electron chi connectivity index (χ2n) is 27.8. The van der Waals surface area contributed by atoms with Crippen molar-refractivity contribution >= 4 is 60.1 Å². The number of nitrogens with zero attached hydrogens (tertiary/aromatic N) is 2. The minimum atomic E-state index is -1.07. The molecule has 0 aromatic heterocycles. The molecule has 0 spiro atoms. The van der Waals surface area contributed by atoms with Gasteiger partial charge in [-0.15, -0.1) is 0 Å². The molecule has 0 aliphatic heterocycles. The van der Waals surface area contributed by atoms with Crippen molar-refractivity contribution in [2.24, 2.45) is 23.7 Å². The minimum Gasteiger partial charge on any atom is -0.480 e. The van der Waals surface area contributed by atoms with E-state index in [4.69, 9.17) is 69.4 Å². The van der Waals surface area contributed by atoms with Crippen LogP contribution in [0.2, 0.25) is 0 Å². The van der Waals surface area contributed by atoms with E-state index < -0.39 is 113 Å². The number of alkyl carbamates (subject to hydrolysis) is 1. The molecule has 4 aliphatic rings.